The molecular weight excluding hydrogens is 308 g/mol. The maximum Gasteiger partial charge on any atom is 0.257 e. The molecule has 2 rings (SSSR count). The van der Waals surface area contributed by atoms with Gasteiger partial charge in [0.15, 0.2) is 5.11 Å². The molecule has 0 fully saturated rings. The fourth-order valence-electron chi connectivity index (χ4n) is 1.88. The predicted molar refractivity (Wildman–Crippen MR) is 97.0 cm³/mol. The van der Waals surface area contributed by atoms with Gasteiger partial charge in [-0.3, -0.25) is 10.1 Å². The van der Waals surface area contributed by atoms with Crippen LogP contribution in [0.5, 0.6) is 5.75 Å². The Labute approximate surface area is 141 Å². The summed E-state index contributed by atoms with van der Waals surface area (Å²) in [6.07, 6.45) is 1.66. The maximum atomic E-state index is 12.1. The molecule has 0 saturated carbocycles. The van der Waals surface area contributed by atoms with Crippen LogP contribution < -0.4 is 15.4 Å². The van der Waals surface area contributed by atoms with E-state index in [2.05, 4.69) is 17.2 Å². The maximum absolute atomic E-state index is 12.1. The Morgan fingerprint density at radius 1 is 1.22 bits per heavy atom. The molecule has 23 heavy (non-hydrogen) atoms. The van der Waals surface area contributed by atoms with Crippen LogP contribution in [0.1, 0.15) is 15.9 Å². The first-order valence-corrected chi connectivity index (χ1v) is 7.52. The van der Waals surface area contributed by atoms with Gasteiger partial charge in [0.1, 0.15) is 12.4 Å². The van der Waals surface area contributed by atoms with Gasteiger partial charge < -0.3 is 10.1 Å². The highest BCUT2D eigenvalue weighted by molar-refractivity contribution is 7.80. The van der Waals surface area contributed by atoms with Crippen LogP contribution in [0.3, 0.4) is 0 Å². The number of anilines is 1. The van der Waals surface area contributed by atoms with Crippen molar-refractivity contribution < 1.29 is 9.53 Å². The van der Waals surface area contributed by atoms with E-state index in [0.29, 0.717) is 23.6 Å². The minimum atomic E-state index is -0.257. The molecule has 0 heterocycles. The normalized spacial score (nSPS) is 9.78. The smallest absolute Gasteiger partial charge is 0.257 e. The van der Waals surface area contributed by atoms with Crippen molar-refractivity contribution in [1.82, 2.24) is 5.32 Å². The molecule has 0 spiro atoms. The summed E-state index contributed by atoms with van der Waals surface area (Å²) in [5.41, 5.74) is 2.33. The molecule has 1 amide bonds. The number of amides is 1. The summed E-state index contributed by atoms with van der Waals surface area (Å²) in [6, 6.07) is 14.6. The van der Waals surface area contributed by atoms with Crippen molar-refractivity contribution >= 4 is 28.9 Å². The first-order chi connectivity index (χ1) is 11.1. The van der Waals surface area contributed by atoms with Gasteiger partial charge in [0.05, 0.1) is 5.69 Å². The van der Waals surface area contributed by atoms with Crippen LogP contribution >= 0.6 is 12.2 Å². The van der Waals surface area contributed by atoms with Crippen LogP contribution in [-0.2, 0) is 0 Å². The first kappa shape index (κ1) is 16.7. The molecule has 0 bridgehead atoms. The average molecular weight is 326 g/mol. The summed E-state index contributed by atoms with van der Waals surface area (Å²) in [5, 5.41) is 5.84. The lowest BCUT2D eigenvalue weighted by Gasteiger charge is -2.13. The molecule has 0 radical (unpaired) electrons. The van der Waals surface area contributed by atoms with E-state index in [4.69, 9.17) is 17.0 Å². The van der Waals surface area contributed by atoms with Crippen molar-refractivity contribution in [2.24, 2.45) is 0 Å². The molecule has 2 N–H and O–H groups in total. The van der Waals surface area contributed by atoms with Gasteiger partial charge in [0.2, 0.25) is 0 Å². The van der Waals surface area contributed by atoms with Gasteiger partial charge in [-0.1, -0.05) is 42.5 Å². The molecule has 2 aromatic carbocycles. The Kier molecular flexibility index (Phi) is 5.88. The summed E-state index contributed by atoms with van der Waals surface area (Å²) in [7, 11) is 0. The number of hydrogen-bond acceptors (Lipinski definition) is 3. The third-order valence-corrected chi connectivity index (χ3v) is 3.24. The minimum absolute atomic E-state index is 0.213. The Balaban J connectivity index is 2.00. The highest BCUT2D eigenvalue weighted by atomic mass is 32.1. The van der Waals surface area contributed by atoms with Crippen molar-refractivity contribution in [3.8, 4) is 5.75 Å². The third kappa shape index (κ3) is 4.93. The number of carbonyl (C=O) groups excluding carboxylic acids is 1. The summed E-state index contributed by atoms with van der Waals surface area (Å²) >= 11 is 5.19. The number of para-hydroxylation sites is 2. The third-order valence-electron chi connectivity index (χ3n) is 3.03. The molecule has 2 aromatic rings. The van der Waals surface area contributed by atoms with Crippen molar-refractivity contribution in [3.63, 3.8) is 0 Å². The zero-order valence-corrected chi connectivity index (χ0v) is 13.7. The highest BCUT2D eigenvalue weighted by Gasteiger charge is 2.09. The lowest BCUT2D eigenvalue weighted by Crippen LogP contribution is -2.34. The summed E-state index contributed by atoms with van der Waals surface area (Å²) in [4.78, 5) is 12.1. The molecule has 118 valence electrons. The zero-order valence-electron chi connectivity index (χ0n) is 12.8. The van der Waals surface area contributed by atoms with Crippen LogP contribution in [-0.4, -0.2) is 17.6 Å². The van der Waals surface area contributed by atoms with Crippen LogP contribution in [0, 0.1) is 6.92 Å². The van der Waals surface area contributed by atoms with E-state index < -0.39 is 0 Å². The van der Waals surface area contributed by atoms with Gasteiger partial charge in [-0.2, -0.15) is 0 Å². The number of carbonyl (C=O) groups is 1. The van der Waals surface area contributed by atoms with Crippen molar-refractivity contribution in [1.29, 1.82) is 0 Å². The molecule has 0 unspecified atom stereocenters. The molecule has 0 aliphatic carbocycles. The zero-order chi connectivity index (χ0) is 16.7. The predicted octanol–water partition coefficient (Wildman–Crippen LogP) is 3.69. The van der Waals surface area contributed by atoms with E-state index in [0.717, 1.165) is 5.56 Å². The van der Waals surface area contributed by atoms with Crippen LogP contribution in [0.4, 0.5) is 5.69 Å². The molecule has 0 saturated heterocycles. The fourth-order valence-corrected chi connectivity index (χ4v) is 2.08. The second kappa shape index (κ2) is 8.10. The Hall–Kier alpha value is -2.66. The van der Waals surface area contributed by atoms with Gasteiger partial charge in [0.25, 0.3) is 5.91 Å². The Morgan fingerprint density at radius 3 is 2.61 bits per heavy atom. The Morgan fingerprint density at radius 2 is 1.91 bits per heavy atom. The number of rotatable bonds is 5. The molecule has 0 aliphatic rings. The number of benzene rings is 2. The standard InChI is InChI=1S/C18H18N2O2S/c1-3-12-22-16-7-5-4-6-15(16)19-18(23)20-17(21)14-10-8-13(2)9-11-14/h3-11H,1,12H2,2H3,(H2,19,20,21,23). The minimum Gasteiger partial charge on any atom is -0.487 e. The SMILES string of the molecule is C=CCOc1ccccc1NC(=S)NC(=O)c1ccc(C)cc1. The van der Waals surface area contributed by atoms with Crippen molar-refractivity contribution in [2.45, 2.75) is 6.92 Å². The van der Waals surface area contributed by atoms with E-state index in [1.54, 1.807) is 18.2 Å². The summed E-state index contributed by atoms with van der Waals surface area (Å²) < 4.78 is 5.54. The quantitative estimate of drug-likeness (QED) is 0.650. The molecule has 0 aromatic heterocycles. The second-order valence-corrected chi connectivity index (χ2v) is 5.28. The molecule has 5 heteroatoms. The van der Waals surface area contributed by atoms with Gasteiger partial charge in [-0.15, -0.1) is 0 Å². The molecule has 0 aliphatic heterocycles. The average Bonchev–Trinajstić information content (AvgIpc) is 2.54. The van der Waals surface area contributed by atoms with E-state index in [1.165, 1.54) is 0 Å². The van der Waals surface area contributed by atoms with Crippen LogP contribution in [0.2, 0.25) is 0 Å². The van der Waals surface area contributed by atoms with E-state index >= 15 is 0 Å². The van der Waals surface area contributed by atoms with Gasteiger partial charge >= 0.3 is 0 Å². The number of ether oxygens (including phenoxy) is 1. The fraction of sp³-hybridized carbons (Fsp3) is 0.111. The van der Waals surface area contributed by atoms with Crippen molar-refractivity contribution in [3.05, 3.63) is 72.3 Å². The molecule has 0 atom stereocenters. The number of hydrogen-bond donors (Lipinski definition) is 2. The van der Waals surface area contributed by atoms with Crippen LogP contribution in [0.15, 0.2) is 61.2 Å². The van der Waals surface area contributed by atoms with E-state index in [1.807, 2.05) is 43.3 Å². The lowest BCUT2D eigenvalue weighted by molar-refractivity contribution is 0.0977. The van der Waals surface area contributed by atoms with Crippen molar-refractivity contribution in [2.75, 3.05) is 11.9 Å². The van der Waals surface area contributed by atoms with Gasteiger partial charge in [-0.05, 0) is 43.4 Å². The first-order valence-electron chi connectivity index (χ1n) is 7.12. The molecular formula is C18H18N2O2S. The monoisotopic (exact) mass is 326 g/mol. The van der Waals surface area contributed by atoms with E-state index in [9.17, 15) is 4.79 Å². The van der Waals surface area contributed by atoms with Gasteiger partial charge in [0, 0.05) is 5.56 Å². The largest absolute Gasteiger partial charge is 0.487 e. The lowest BCUT2D eigenvalue weighted by atomic mass is 10.1. The molecule has 4 nitrogen and oxygen atoms in total. The highest BCUT2D eigenvalue weighted by Crippen LogP contribution is 2.23. The topological polar surface area (TPSA) is 50.4 Å². The number of thiocarbonyl (C=S) groups is 1. The van der Waals surface area contributed by atoms with Crippen LogP contribution in [0.25, 0.3) is 0 Å². The summed E-state index contributed by atoms with van der Waals surface area (Å²) in [5.74, 6) is 0.381. The van der Waals surface area contributed by atoms with E-state index in [-0.39, 0.29) is 11.0 Å². The Bertz CT molecular complexity index is 711. The number of aryl methyl sites for hydroxylation is 1. The second-order valence-electron chi connectivity index (χ2n) is 4.87. The van der Waals surface area contributed by atoms with Gasteiger partial charge in [-0.25, -0.2) is 0 Å². The number of nitrogens with one attached hydrogen (secondary N) is 2. The summed E-state index contributed by atoms with van der Waals surface area (Å²) in [6.45, 7) is 5.97.